The average molecular weight is 491 g/mol. The summed E-state index contributed by atoms with van der Waals surface area (Å²) in [5.74, 6) is -1.12. The summed E-state index contributed by atoms with van der Waals surface area (Å²) >= 11 is 0. The van der Waals surface area contributed by atoms with Crippen LogP contribution in [0.1, 0.15) is 36.8 Å². The zero-order valence-electron chi connectivity index (χ0n) is 18.6. The van der Waals surface area contributed by atoms with Crippen molar-refractivity contribution in [3.8, 4) is 0 Å². The number of rotatable bonds is 6. The summed E-state index contributed by atoms with van der Waals surface area (Å²) in [6.45, 7) is 0.888. The number of hydrogen-bond donors (Lipinski definition) is 1. The first-order chi connectivity index (χ1) is 15.4. The van der Waals surface area contributed by atoms with Crippen molar-refractivity contribution >= 4 is 22.0 Å². The Morgan fingerprint density at radius 1 is 1.09 bits per heavy atom. The van der Waals surface area contributed by atoms with Gasteiger partial charge in [0, 0.05) is 40.3 Å². The molecule has 0 spiro atoms. The van der Waals surface area contributed by atoms with Crippen molar-refractivity contribution in [2.75, 3.05) is 33.7 Å². The van der Waals surface area contributed by atoms with Crippen LogP contribution in [0, 0.1) is 5.92 Å². The molecule has 2 amide bonds. The second-order valence-corrected chi connectivity index (χ2v) is 10.7. The van der Waals surface area contributed by atoms with E-state index in [9.17, 15) is 31.2 Å². The molecule has 2 atom stereocenters. The van der Waals surface area contributed by atoms with Gasteiger partial charge in [-0.1, -0.05) is 12.1 Å². The van der Waals surface area contributed by atoms with Crippen molar-refractivity contribution in [3.05, 3.63) is 35.4 Å². The number of hydrogen-bond acceptors (Lipinski definition) is 4. The minimum absolute atomic E-state index is 0.0494. The summed E-state index contributed by atoms with van der Waals surface area (Å²) in [5.41, 5.74) is -0.244. The lowest BCUT2D eigenvalue weighted by Gasteiger charge is -2.35. The standard InChI is InChI=1S/C21H29F3N4O4S/c1-26(2)33(31,32)27-11-3-5-16(14-27)20(30)28-12-4-6-18(28)19(29)25-13-15-7-9-17(10-8-15)21(22,23)24/h7-10,16,18H,3-6,11-14H2,1-2H3,(H,25,29)/t16-,18+/m0/s1. The molecule has 12 heteroatoms. The molecular formula is C21H29F3N4O4S. The quantitative estimate of drug-likeness (QED) is 0.659. The topological polar surface area (TPSA) is 90.0 Å². The van der Waals surface area contributed by atoms with Gasteiger partial charge in [0.1, 0.15) is 6.04 Å². The van der Waals surface area contributed by atoms with E-state index in [1.165, 1.54) is 35.4 Å². The number of likely N-dealkylation sites (tertiary alicyclic amines) is 1. The van der Waals surface area contributed by atoms with Gasteiger partial charge in [0.05, 0.1) is 11.5 Å². The van der Waals surface area contributed by atoms with E-state index in [0.717, 1.165) is 16.4 Å². The number of piperidine rings is 1. The first-order valence-corrected chi connectivity index (χ1v) is 12.2. The van der Waals surface area contributed by atoms with Crippen LogP contribution in [-0.2, 0) is 32.5 Å². The summed E-state index contributed by atoms with van der Waals surface area (Å²) in [7, 11) is -0.740. The number of nitrogens with one attached hydrogen (secondary N) is 1. The van der Waals surface area contributed by atoms with Gasteiger partial charge in [-0.25, -0.2) is 0 Å². The Morgan fingerprint density at radius 3 is 2.33 bits per heavy atom. The molecule has 33 heavy (non-hydrogen) atoms. The predicted molar refractivity (Wildman–Crippen MR) is 115 cm³/mol. The maximum atomic E-state index is 13.2. The second-order valence-electron chi connectivity index (χ2n) is 8.59. The number of nitrogens with zero attached hydrogens (tertiary/aromatic N) is 3. The van der Waals surface area contributed by atoms with Crippen LogP contribution in [0.3, 0.4) is 0 Å². The van der Waals surface area contributed by atoms with Crippen molar-refractivity contribution in [2.24, 2.45) is 5.92 Å². The Bertz CT molecular complexity index is 967. The van der Waals surface area contributed by atoms with Gasteiger partial charge in [0.25, 0.3) is 10.2 Å². The van der Waals surface area contributed by atoms with Gasteiger partial charge in [-0.2, -0.15) is 30.2 Å². The highest BCUT2D eigenvalue weighted by atomic mass is 32.2. The molecule has 0 aromatic heterocycles. The van der Waals surface area contributed by atoms with Crippen LogP contribution < -0.4 is 5.32 Å². The molecular weight excluding hydrogens is 461 g/mol. The summed E-state index contributed by atoms with van der Waals surface area (Å²) in [6.07, 6.45) is -2.18. The van der Waals surface area contributed by atoms with E-state index in [0.29, 0.717) is 44.3 Å². The third-order valence-corrected chi connectivity index (χ3v) is 8.01. The molecule has 2 aliphatic heterocycles. The Morgan fingerprint density at radius 2 is 1.73 bits per heavy atom. The van der Waals surface area contributed by atoms with E-state index in [2.05, 4.69) is 5.32 Å². The molecule has 1 N–H and O–H groups in total. The van der Waals surface area contributed by atoms with Gasteiger partial charge in [-0.3, -0.25) is 9.59 Å². The lowest BCUT2D eigenvalue weighted by molar-refractivity contribution is -0.142. The minimum Gasteiger partial charge on any atom is -0.350 e. The van der Waals surface area contributed by atoms with Crippen molar-refractivity contribution < 1.29 is 31.2 Å². The Balaban J connectivity index is 1.60. The molecule has 3 rings (SSSR count). The largest absolute Gasteiger partial charge is 0.416 e. The minimum atomic E-state index is -4.42. The summed E-state index contributed by atoms with van der Waals surface area (Å²) < 4.78 is 65.4. The monoisotopic (exact) mass is 490 g/mol. The van der Waals surface area contributed by atoms with Crippen LogP contribution in [0.25, 0.3) is 0 Å². The number of carbonyl (C=O) groups excluding carboxylic acids is 2. The molecule has 0 aliphatic carbocycles. The fourth-order valence-electron chi connectivity index (χ4n) is 4.24. The molecule has 0 bridgehead atoms. The van der Waals surface area contributed by atoms with Crippen LogP contribution >= 0.6 is 0 Å². The maximum absolute atomic E-state index is 13.2. The third kappa shape index (κ3) is 5.85. The molecule has 2 fully saturated rings. The molecule has 2 saturated heterocycles. The Labute approximate surface area is 191 Å². The molecule has 0 radical (unpaired) electrons. The molecule has 2 heterocycles. The molecule has 0 saturated carbocycles. The van der Waals surface area contributed by atoms with E-state index >= 15 is 0 Å². The maximum Gasteiger partial charge on any atom is 0.416 e. The van der Waals surface area contributed by atoms with Crippen molar-refractivity contribution in [1.29, 1.82) is 0 Å². The molecule has 2 aliphatic rings. The fourth-order valence-corrected chi connectivity index (χ4v) is 5.43. The van der Waals surface area contributed by atoms with Crippen LogP contribution in [0.15, 0.2) is 24.3 Å². The number of alkyl halides is 3. The highest BCUT2D eigenvalue weighted by Gasteiger charge is 2.40. The van der Waals surface area contributed by atoms with Gasteiger partial charge in [0.2, 0.25) is 11.8 Å². The number of amides is 2. The highest BCUT2D eigenvalue weighted by molar-refractivity contribution is 7.86. The molecule has 1 aromatic rings. The second kappa shape index (κ2) is 9.98. The Hall–Kier alpha value is -2.18. The van der Waals surface area contributed by atoms with Crippen molar-refractivity contribution in [1.82, 2.24) is 18.8 Å². The molecule has 1 aromatic carbocycles. The highest BCUT2D eigenvalue weighted by Crippen LogP contribution is 2.29. The Kier molecular flexibility index (Phi) is 7.69. The lowest BCUT2D eigenvalue weighted by atomic mass is 9.97. The summed E-state index contributed by atoms with van der Waals surface area (Å²) in [4.78, 5) is 27.4. The predicted octanol–water partition coefficient (Wildman–Crippen LogP) is 1.83. The van der Waals surface area contributed by atoms with Gasteiger partial charge >= 0.3 is 6.18 Å². The fraction of sp³-hybridized carbons (Fsp3) is 0.619. The van der Waals surface area contributed by atoms with Gasteiger partial charge in [0.15, 0.2) is 0 Å². The van der Waals surface area contributed by atoms with Gasteiger partial charge in [-0.05, 0) is 43.4 Å². The first-order valence-electron chi connectivity index (χ1n) is 10.8. The van der Waals surface area contributed by atoms with Crippen molar-refractivity contribution in [3.63, 3.8) is 0 Å². The third-order valence-electron chi connectivity index (χ3n) is 6.11. The zero-order chi connectivity index (χ0) is 24.4. The van der Waals surface area contributed by atoms with Gasteiger partial charge in [-0.15, -0.1) is 0 Å². The SMILES string of the molecule is CN(C)S(=O)(=O)N1CCC[C@H](C(=O)N2CCC[C@@H]2C(=O)NCc2ccc(C(F)(F)F)cc2)C1. The van der Waals surface area contributed by atoms with E-state index < -0.39 is 33.9 Å². The van der Waals surface area contributed by atoms with E-state index in [4.69, 9.17) is 0 Å². The van der Waals surface area contributed by atoms with Crippen LogP contribution in [-0.4, -0.2) is 73.5 Å². The summed E-state index contributed by atoms with van der Waals surface area (Å²) in [5, 5.41) is 2.71. The average Bonchev–Trinajstić information content (AvgIpc) is 3.26. The number of benzene rings is 1. The number of halogens is 3. The lowest BCUT2D eigenvalue weighted by Crippen LogP contribution is -2.52. The molecule has 184 valence electrons. The molecule has 8 nitrogen and oxygen atoms in total. The van der Waals surface area contributed by atoms with Crippen molar-refractivity contribution in [2.45, 2.75) is 44.4 Å². The number of carbonyl (C=O) groups is 2. The van der Waals surface area contributed by atoms with E-state index in [1.807, 2.05) is 0 Å². The van der Waals surface area contributed by atoms with Crippen LogP contribution in [0.4, 0.5) is 13.2 Å². The first kappa shape index (κ1) is 25.4. The zero-order valence-corrected chi connectivity index (χ0v) is 19.5. The smallest absolute Gasteiger partial charge is 0.350 e. The van der Waals surface area contributed by atoms with Crippen LogP contribution in [0.5, 0.6) is 0 Å². The van der Waals surface area contributed by atoms with E-state index in [1.54, 1.807) is 0 Å². The molecule has 0 unspecified atom stereocenters. The van der Waals surface area contributed by atoms with Crippen LogP contribution in [0.2, 0.25) is 0 Å². The normalized spacial score (nSPS) is 22.5. The summed E-state index contributed by atoms with van der Waals surface area (Å²) in [6, 6.07) is 3.87. The van der Waals surface area contributed by atoms with Gasteiger partial charge < -0.3 is 10.2 Å². The van der Waals surface area contributed by atoms with E-state index in [-0.39, 0.29) is 24.9 Å².